The lowest BCUT2D eigenvalue weighted by Gasteiger charge is -2.28. The predicted octanol–water partition coefficient (Wildman–Crippen LogP) is 5.97. The van der Waals surface area contributed by atoms with Crippen LogP contribution in [-0.4, -0.2) is 23.4 Å². The number of aliphatic hydroxyl groups is 2. The molecule has 1 aliphatic carbocycles. The number of aliphatic hydroxyl groups excluding tert-OH is 2. The first-order valence-corrected chi connectivity index (χ1v) is 10.4. The van der Waals surface area contributed by atoms with E-state index in [0.717, 1.165) is 24.7 Å². The van der Waals surface area contributed by atoms with Gasteiger partial charge in [0.25, 0.3) is 0 Å². The van der Waals surface area contributed by atoms with Gasteiger partial charge in [0.1, 0.15) is 0 Å². The van der Waals surface area contributed by atoms with Gasteiger partial charge in [0.15, 0.2) is 0 Å². The molecule has 1 rings (SSSR count). The molecule has 0 saturated heterocycles. The molecule has 0 aromatic rings. The fourth-order valence-electron chi connectivity index (χ4n) is 3.67. The zero-order valence-electron chi connectivity index (χ0n) is 16.3. The lowest BCUT2D eigenvalue weighted by atomic mass is 9.78. The molecule has 0 aromatic heterocycles. The van der Waals surface area contributed by atoms with Crippen molar-refractivity contribution < 1.29 is 14.9 Å². The number of hydrogen-bond acceptors (Lipinski definition) is 3. The van der Waals surface area contributed by atoms with Crippen molar-refractivity contribution in [1.82, 2.24) is 0 Å². The fourth-order valence-corrected chi connectivity index (χ4v) is 3.67. The molecule has 3 heteroatoms. The van der Waals surface area contributed by atoms with Gasteiger partial charge in [-0.1, -0.05) is 90.2 Å². The summed E-state index contributed by atoms with van der Waals surface area (Å²) in [5.74, 6) is 1.99. The van der Waals surface area contributed by atoms with Crippen LogP contribution in [0, 0.1) is 11.8 Å². The molecule has 0 spiro atoms. The van der Waals surface area contributed by atoms with Crippen molar-refractivity contribution >= 4 is 0 Å². The number of hydrogen-bond donors (Lipinski definition) is 2. The van der Waals surface area contributed by atoms with Crippen molar-refractivity contribution in [2.45, 2.75) is 89.9 Å². The molecule has 1 saturated carbocycles. The topological polar surface area (TPSA) is 49.7 Å². The van der Waals surface area contributed by atoms with Crippen LogP contribution in [0.3, 0.4) is 0 Å². The van der Waals surface area contributed by atoms with Gasteiger partial charge < -0.3 is 14.9 Å². The molecule has 0 atom stereocenters. The Kier molecular flexibility index (Phi) is 18.9. The zero-order valence-corrected chi connectivity index (χ0v) is 16.3. The van der Waals surface area contributed by atoms with Gasteiger partial charge in [0, 0.05) is 13.2 Å². The Morgan fingerprint density at radius 2 is 1.00 bits per heavy atom. The van der Waals surface area contributed by atoms with Crippen molar-refractivity contribution in [3.05, 3.63) is 25.7 Å². The van der Waals surface area contributed by atoms with Gasteiger partial charge >= 0.3 is 0 Å². The quantitative estimate of drug-likeness (QED) is 0.298. The van der Waals surface area contributed by atoms with Gasteiger partial charge in [-0.3, -0.25) is 0 Å². The maximum absolute atomic E-state index is 8.75. The summed E-state index contributed by atoms with van der Waals surface area (Å²) in [6.07, 6.45) is 21.1. The Balaban J connectivity index is 0.00000101. The van der Waals surface area contributed by atoms with Crippen molar-refractivity contribution in [3.63, 3.8) is 0 Å². The Labute approximate surface area is 156 Å². The summed E-state index contributed by atoms with van der Waals surface area (Å²) in [7, 11) is 0. The van der Waals surface area contributed by atoms with Crippen LogP contribution in [0.25, 0.3) is 0 Å². The molecule has 1 aliphatic rings. The maximum atomic E-state index is 8.75. The lowest BCUT2D eigenvalue weighted by molar-refractivity contribution is 0.240. The molecule has 0 aliphatic heterocycles. The Morgan fingerprint density at radius 1 is 0.640 bits per heavy atom. The molecule has 0 unspecified atom stereocenters. The van der Waals surface area contributed by atoms with Crippen LogP contribution in [0.4, 0.5) is 0 Å². The average molecular weight is 355 g/mol. The fraction of sp³-hybridized carbons (Fsp3) is 0.818. The summed E-state index contributed by atoms with van der Waals surface area (Å²) in [6, 6.07) is 0. The first-order valence-electron chi connectivity index (χ1n) is 10.4. The molecule has 148 valence electrons. The second-order valence-electron chi connectivity index (χ2n) is 7.21. The molecular formula is C22H42O3. The van der Waals surface area contributed by atoms with Crippen LogP contribution in [0.1, 0.15) is 89.9 Å². The van der Waals surface area contributed by atoms with Crippen LogP contribution in [0.15, 0.2) is 25.7 Å². The summed E-state index contributed by atoms with van der Waals surface area (Å²) < 4.78 is 4.36. The molecular weight excluding hydrogens is 312 g/mol. The highest BCUT2D eigenvalue weighted by Gasteiger charge is 2.20. The molecule has 0 heterocycles. The van der Waals surface area contributed by atoms with Crippen LogP contribution >= 0.6 is 0 Å². The van der Waals surface area contributed by atoms with Crippen LogP contribution in [0.2, 0.25) is 0 Å². The Morgan fingerprint density at radius 3 is 1.28 bits per heavy atom. The zero-order chi connectivity index (χ0) is 18.6. The number of unbranched alkanes of at least 4 members (excludes halogenated alkanes) is 6. The van der Waals surface area contributed by atoms with Gasteiger partial charge in [-0.15, -0.1) is 0 Å². The van der Waals surface area contributed by atoms with E-state index in [0.29, 0.717) is 13.2 Å². The van der Waals surface area contributed by atoms with Crippen LogP contribution in [-0.2, 0) is 4.74 Å². The third kappa shape index (κ3) is 16.4. The third-order valence-electron chi connectivity index (χ3n) is 5.20. The molecule has 0 radical (unpaired) electrons. The summed E-state index contributed by atoms with van der Waals surface area (Å²) in [5, 5.41) is 17.5. The Hall–Kier alpha value is -0.800. The van der Waals surface area contributed by atoms with E-state index in [4.69, 9.17) is 10.2 Å². The lowest BCUT2D eigenvalue weighted by Crippen LogP contribution is -2.14. The largest absolute Gasteiger partial charge is 0.474 e. The molecule has 1 fully saturated rings. The van der Waals surface area contributed by atoms with E-state index in [1.807, 2.05) is 0 Å². The summed E-state index contributed by atoms with van der Waals surface area (Å²) >= 11 is 0. The summed E-state index contributed by atoms with van der Waals surface area (Å²) in [4.78, 5) is 0. The standard InChI is InChI=1S/C18H36O2.C4H6O/c19-15-7-3-1-5-9-17-11-13-18(14-12-17)10-6-2-4-8-16-20;1-3-5-4-2/h17-20H,1-16H2;3-4H,1-2H2. The minimum atomic E-state index is 0.364. The molecule has 25 heavy (non-hydrogen) atoms. The molecule has 0 bridgehead atoms. The highest BCUT2D eigenvalue weighted by molar-refractivity contribution is 4.72. The molecule has 3 nitrogen and oxygen atoms in total. The first-order chi connectivity index (χ1) is 12.3. The van der Waals surface area contributed by atoms with E-state index in [1.165, 1.54) is 89.6 Å². The van der Waals surface area contributed by atoms with Crippen LogP contribution < -0.4 is 0 Å². The smallest absolute Gasteiger partial charge is 0.0829 e. The van der Waals surface area contributed by atoms with Gasteiger partial charge in [-0.2, -0.15) is 0 Å². The van der Waals surface area contributed by atoms with Crippen LogP contribution in [0.5, 0.6) is 0 Å². The van der Waals surface area contributed by atoms with E-state index in [-0.39, 0.29) is 0 Å². The molecule has 0 amide bonds. The minimum absolute atomic E-state index is 0.364. The normalized spacial score (nSPS) is 19.6. The monoisotopic (exact) mass is 354 g/mol. The van der Waals surface area contributed by atoms with Gasteiger partial charge in [0.2, 0.25) is 0 Å². The second-order valence-corrected chi connectivity index (χ2v) is 7.21. The van der Waals surface area contributed by atoms with Gasteiger partial charge in [-0.25, -0.2) is 0 Å². The number of ether oxygens (including phenoxy) is 1. The molecule has 0 aromatic carbocycles. The summed E-state index contributed by atoms with van der Waals surface area (Å²) in [5.41, 5.74) is 0. The summed E-state index contributed by atoms with van der Waals surface area (Å²) in [6.45, 7) is 7.24. The average Bonchev–Trinajstić information content (AvgIpc) is 2.64. The van der Waals surface area contributed by atoms with E-state index in [1.54, 1.807) is 0 Å². The highest BCUT2D eigenvalue weighted by Crippen LogP contribution is 2.34. The van der Waals surface area contributed by atoms with Gasteiger partial charge in [-0.05, 0) is 24.7 Å². The van der Waals surface area contributed by atoms with Crippen molar-refractivity contribution in [2.24, 2.45) is 11.8 Å². The van der Waals surface area contributed by atoms with E-state index < -0.39 is 0 Å². The first kappa shape index (κ1) is 24.2. The second kappa shape index (κ2) is 19.5. The van der Waals surface area contributed by atoms with Crippen molar-refractivity contribution in [2.75, 3.05) is 13.2 Å². The van der Waals surface area contributed by atoms with E-state index in [9.17, 15) is 0 Å². The highest BCUT2D eigenvalue weighted by atomic mass is 16.5. The number of rotatable bonds is 14. The van der Waals surface area contributed by atoms with E-state index >= 15 is 0 Å². The Bertz CT molecular complexity index is 255. The SMILES string of the molecule is C=COC=C.OCCCCCCC1CCC(CCCCCCO)CC1. The predicted molar refractivity (Wildman–Crippen MR) is 107 cm³/mol. The van der Waals surface area contributed by atoms with Crippen molar-refractivity contribution in [3.8, 4) is 0 Å². The maximum Gasteiger partial charge on any atom is 0.0829 e. The molecule has 2 N–H and O–H groups in total. The van der Waals surface area contributed by atoms with Gasteiger partial charge in [0.05, 0.1) is 12.5 Å². The third-order valence-corrected chi connectivity index (χ3v) is 5.20. The van der Waals surface area contributed by atoms with Crippen molar-refractivity contribution in [1.29, 1.82) is 0 Å². The minimum Gasteiger partial charge on any atom is -0.474 e. The van der Waals surface area contributed by atoms with E-state index in [2.05, 4.69) is 17.9 Å².